The standard InChI is InChI=1S/C16H24N2/c17-18-16(13-15-9-5-2-6-10-15)12-11-14-7-3-1-4-8-14/h1,3-4,7-9,16,18H,2,5-6,10-13,17H2. The van der Waals surface area contributed by atoms with Crippen LogP contribution < -0.4 is 11.3 Å². The van der Waals surface area contributed by atoms with Crippen molar-refractivity contribution in [2.24, 2.45) is 5.84 Å². The van der Waals surface area contributed by atoms with Crippen molar-refractivity contribution in [3.05, 3.63) is 47.5 Å². The van der Waals surface area contributed by atoms with Gasteiger partial charge in [0.05, 0.1) is 0 Å². The molecule has 1 aliphatic carbocycles. The van der Waals surface area contributed by atoms with Crippen molar-refractivity contribution in [1.29, 1.82) is 0 Å². The Morgan fingerprint density at radius 3 is 2.67 bits per heavy atom. The molecule has 0 radical (unpaired) electrons. The van der Waals surface area contributed by atoms with Crippen LogP contribution >= 0.6 is 0 Å². The van der Waals surface area contributed by atoms with Crippen LogP contribution in [0.15, 0.2) is 42.0 Å². The Balaban J connectivity index is 1.80. The Labute approximate surface area is 110 Å². The van der Waals surface area contributed by atoms with E-state index in [0.717, 1.165) is 19.3 Å². The first-order valence-electron chi connectivity index (χ1n) is 7.06. The third-order valence-electron chi connectivity index (χ3n) is 3.75. The highest BCUT2D eigenvalue weighted by atomic mass is 15.2. The van der Waals surface area contributed by atoms with Crippen molar-refractivity contribution in [1.82, 2.24) is 5.43 Å². The van der Waals surface area contributed by atoms with Crippen LogP contribution in [-0.2, 0) is 6.42 Å². The zero-order chi connectivity index (χ0) is 12.6. The average molecular weight is 244 g/mol. The molecule has 1 unspecified atom stereocenters. The molecule has 0 amide bonds. The second kappa shape index (κ2) is 7.34. The number of hydrogen-bond donors (Lipinski definition) is 2. The number of hydrogen-bond acceptors (Lipinski definition) is 2. The summed E-state index contributed by atoms with van der Waals surface area (Å²) < 4.78 is 0. The second-order valence-corrected chi connectivity index (χ2v) is 5.20. The van der Waals surface area contributed by atoms with Crippen LogP contribution in [0.2, 0.25) is 0 Å². The van der Waals surface area contributed by atoms with Gasteiger partial charge in [-0.3, -0.25) is 11.3 Å². The molecular formula is C16H24N2. The average Bonchev–Trinajstić information content (AvgIpc) is 2.45. The van der Waals surface area contributed by atoms with E-state index in [4.69, 9.17) is 5.84 Å². The zero-order valence-electron chi connectivity index (χ0n) is 11.1. The van der Waals surface area contributed by atoms with Gasteiger partial charge in [-0.15, -0.1) is 0 Å². The summed E-state index contributed by atoms with van der Waals surface area (Å²) in [5.41, 5.74) is 5.97. The van der Waals surface area contributed by atoms with Crippen molar-refractivity contribution in [3.8, 4) is 0 Å². The Morgan fingerprint density at radius 1 is 1.17 bits per heavy atom. The van der Waals surface area contributed by atoms with Crippen LogP contribution in [0.25, 0.3) is 0 Å². The molecule has 0 spiro atoms. The molecule has 0 bridgehead atoms. The van der Waals surface area contributed by atoms with E-state index in [2.05, 4.69) is 41.8 Å². The smallest absolute Gasteiger partial charge is 0.0250 e. The van der Waals surface area contributed by atoms with Crippen molar-refractivity contribution in [3.63, 3.8) is 0 Å². The topological polar surface area (TPSA) is 38.0 Å². The SMILES string of the molecule is NNC(CCc1ccccc1)CC1=CCCCC1. The Morgan fingerprint density at radius 2 is 2.00 bits per heavy atom. The molecule has 18 heavy (non-hydrogen) atoms. The lowest BCUT2D eigenvalue weighted by molar-refractivity contribution is 0.477. The van der Waals surface area contributed by atoms with Gasteiger partial charge < -0.3 is 0 Å². The quantitative estimate of drug-likeness (QED) is 0.457. The Hall–Kier alpha value is -1.12. The molecule has 0 aromatic heterocycles. The monoisotopic (exact) mass is 244 g/mol. The van der Waals surface area contributed by atoms with Crippen molar-refractivity contribution < 1.29 is 0 Å². The number of nitrogens with two attached hydrogens (primary N) is 1. The molecule has 0 saturated carbocycles. The second-order valence-electron chi connectivity index (χ2n) is 5.20. The number of aryl methyl sites for hydroxylation is 1. The van der Waals surface area contributed by atoms with Crippen LogP contribution in [0, 0.1) is 0 Å². The summed E-state index contributed by atoms with van der Waals surface area (Å²) in [7, 11) is 0. The number of allylic oxidation sites excluding steroid dienone is 1. The van der Waals surface area contributed by atoms with E-state index in [9.17, 15) is 0 Å². The maximum absolute atomic E-state index is 5.68. The molecule has 0 saturated heterocycles. The fourth-order valence-corrected chi connectivity index (χ4v) is 2.64. The minimum absolute atomic E-state index is 0.412. The molecule has 1 aromatic carbocycles. The van der Waals surface area contributed by atoms with E-state index in [1.54, 1.807) is 5.57 Å². The number of rotatable bonds is 6. The van der Waals surface area contributed by atoms with Gasteiger partial charge in [-0.1, -0.05) is 42.0 Å². The molecule has 0 fully saturated rings. The summed E-state index contributed by atoms with van der Waals surface area (Å²) in [6.45, 7) is 0. The fraction of sp³-hybridized carbons (Fsp3) is 0.500. The van der Waals surface area contributed by atoms with Crippen molar-refractivity contribution in [2.75, 3.05) is 0 Å². The van der Waals surface area contributed by atoms with E-state index < -0.39 is 0 Å². The van der Waals surface area contributed by atoms with Crippen molar-refractivity contribution >= 4 is 0 Å². The van der Waals surface area contributed by atoms with Gasteiger partial charge in [0.2, 0.25) is 0 Å². The molecule has 3 N–H and O–H groups in total. The molecule has 2 heteroatoms. The maximum atomic E-state index is 5.68. The highest BCUT2D eigenvalue weighted by Gasteiger charge is 2.11. The largest absolute Gasteiger partial charge is 0.271 e. The van der Waals surface area contributed by atoms with Crippen molar-refractivity contribution in [2.45, 2.75) is 51.0 Å². The van der Waals surface area contributed by atoms with Gasteiger partial charge in [-0.2, -0.15) is 0 Å². The molecule has 2 rings (SSSR count). The van der Waals surface area contributed by atoms with Gasteiger partial charge in [0.1, 0.15) is 0 Å². The van der Waals surface area contributed by atoms with Gasteiger partial charge in [0.15, 0.2) is 0 Å². The van der Waals surface area contributed by atoms with E-state index in [1.165, 1.54) is 31.2 Å². The van der Waals surface area contributed by atoms with Gasteiger partial charge in [0.25, 0.3) is 0 Å². The molecule has 2 nitrogen and oxygen atoms in total. The third kappa shape index (κ3) is 4.28. The summed E-state index contributed by atoms with van der Waals surface area (Å²) in [4.78, 5) is 0. The zero-order valence-corrected chi connectivity index (χ0v) is 11.1. The minimum atomic E-state index is 0.412. The fourth-order valence-electron chi connectivity index (χ4n) is 2.64. The minimum Gasteiger partial charge on any atom is -0.271 e. The van der Waals surface area contributed by atoms with Crippen LogP contribution in [0.3, 0.4) is 0 Å². The van der Waals surface area contributed by atoms with E-state index in [-0.39, 0.29) is 0 Å². The molecule has 1 aromatic rings. The number of benzene rings is 1. The molecule has 98 valence electrons. The van der Waals surface area contributed by atoms with E-state index in [1.807, 2.05) is 0 Å². The van der Waals surface area contributed by atoms with Crippen LogP contribution in [0.4, 0.5) is 0 Å². The van der Waals surface area contributed by atoms with Crippen LogP contribution in [0.1, 0.15) is 44.1 Å². The molecule has 1 atom stereocenters. The lowest BCUT2D eigenvalue weighted by Crippen LogP contribution is -2.35. The first-order chi connectivity index (χ1) is 8.88. The number of hydrazine groups is 1. The summed E-state index contributed by atoms with van der Waals surface area (Å²) in [5, 5.41) is 0. The summed E-state index contributed by atoms with van der Waals surface area (Å²) >= 11 is 0. The first-order valence-corrected chi connectivity index (χ1v) is 7.06. The van der Waals surface area contributed by atoms with E-state index >= 15 is 0 Å². The number of nitrogens with one attached hydrogen (secondary N) is 1. The lowest BCUT2D eigenvalue weighted by atomic mass is 9.92. The first kappa shape index (κ1) is 13.3. The molecular weight excluding hydrogens is 220 g/mol. The predicted octanol–water partition coefficient (Wildman–Crippen LogP) is 3.34. The van der Waals surface area contributed by atoms with Crippen LogP contribution in [-0.4, -0.2) is 6.04 Å². The third-order valence-corrected chi connectivity index (χ3v) is 3.75. The van der Waals surface area contributed by atoms with Crippen LogP contribution in [0.5, 0.6) is 0 Å². The normalized spacial score (nSPS) is 17.3. The Kier molecular flexibility index (Phi) is 5.43. The maximum Gasteiger partial charge on any atom is 0.0250 e. The lowest BCUT2D eigenvalue weighted by Gasteiger charge is -2.20. The van der Waals surface area contributed by atoms with Gasteiger partial charge in [-0.05, 0) is 50.5 Å². The van der Waals surface area contributed by atoms with Gasteiger partial charge in [0, 0.05) is 6.04 Å². The summed E-state index contributed by atoms with van der Waals surface area (Å²) in [6, 6.07) is 11.1. The highest BCUT2D eigenvalue weighted by Crippen LogP contribution is 2.22. The summed E-state index contributed by atoms with van der Waals surface area (Å²) in [6.07, 6.45) is 11.0. The predicted molar refractivity (Wildman–Crippen MR) is 77.0 cm³/mol. The van der Waals surface area contributed by atoms with E-state index in [0.29, 0.717) is 6.04 Å². The molecule has 1 aliphatic rings. The summed E-state index contributed by atoms with van der Waals surface area (Å²) in [5.74, 6) is 5.68. The Bertz CT molecular complexity index is 370. The van der Waals surface area contributed by atoms with Gasteiger partial charge in [-0.25, -0.2) is 0 Å². The molecule has 0 heterocycles. The molecule has 0 aliphatic heterocycles. The van der Waals surface area contributed by atoms with Gasteiger partial charge >= 0.3 is 0 Å². The highest BCUT2D eigenvalue weighted by molar-refractivity contribution is 5.15.